The molecule has 0 aliphatic heterocycles. The van der Waals surface area contributed by atoms with Crippen LogP contribution < -0.4 is 11.1 Å². The zero-order valence-electron chi connectivity index (χ0n) is 8.13. The van der Waals surface area contributed by atoms with Crippen molar-refractivity contribution in [3.05, 3.63) is 28.2 Å². The second-order valence-electron chi connectivity index (χ2n) is 3.18. The number of nitrogens with two attached hydrogens (primary N) is 1. The summed E-state index contributed by atoms with van der Waals surface area (Å²) in [6, 6.07) is 5.52. The standard InChI is InChI=1S/C10H15BrN2O/c1-13-5-4-10(14)8-6-7(11)2-3-9(8)12/h2-3,6,10,13-14H,4-5,12H2,1H3. The van der Waals surface area contributed by atoms with Gasteiger partial charge in [0.25, 0.3) is 0 Å². The van der Waals surface area contributed by atoms with Crippen LogP contribution in [0.15, 0.2) is 22.7 Å². The zero-order chi connectivity index (χ0) is 10.6. The Hall–Kier alpha value is -0.580. The molecule has 3 nitrogen and oxygen atoms in total. The lowest BCUT2D eigenvalue weighted by Crippen LogP contribution is -2.12. The molecule has 0 spiro atoms. The van der Waals surface area contributed by atoms with Crippen molar-refractivity contribution in [2.75, 3.05) is 19.3 Å². The predicted molar refractivity (Wildman–Crippen MR) is 62.1 cm³/mol. The van der Waals surface area contributed by atoms with E-state index in [2.05, 4.69) is 21.2 Å². The SMILES string of the molecule is CNCCC(O)c1cc(Br)ccc1N. The fourth-order valence-corrected chi connectivity index (χ4v) is 1.65. The van der Waals surface area contributed by atoms with Crippen LogP contribution in [0.1, 0.15) is 18.1 Å². The Labute approximate surface area is 92.4 Å². The van der Waals surface area contributed by atoms with Gasteiger partial charge in [0, 0.05) is 15.7 Å². The molecule has 0 saturated heterocycles. The first kappa shape index (κ1) is 11.5. The maximum Gasteiger partial charge on any atom is 0.0822 e. The topological polar surface area (TPSA) is 58.3 Å². The number of aliphatic hydroxyl groups excluding tert-OH is 1. The Morgan fingerprint density at radius 2 is 2.29 bits per heavy atom. The van der Waals surface area contributed by atoms with Crippen molar-refractivity contribution >= 4 is 21.6 Å². The predicted octanol–water partition coefficient (Wildman–Crippen LogP) is 1.67. The largest absolute Gasteiger partial charge is 0.398 e. The molecule has 14 heavy (non-hydrogen) atoms. The first-order chi connectivity index (χ1) is 6.65. The number of anilines is 1. The number of aliphatic hydroxyl groups is 1. The second-order valence-corrected chi connectivity index (χ2v) is 4.10. The third kappa shape index (κ3) is 2.97. The van der Waals surface area contributed by atoms with E-state index in [0.717, 1.165) is 16.6 Å². The van der Waals surface area contributed by atoms with Crippen molar-refractivity contribution in [2.24, 2.45) is 0 Å². The van der Waals surface area contributed by atoms with Gasteiger partial charge in [-0.05, 0) is 38.2 Å². The summed E-state index contributed by atoms with van der Waals surface area (Å²) < 4.78 is 0.935. The van der Waals surface area contributed by atoms with Crippen LogP contribution in [0.2, 0.25) is 0 Å². The smallest absolute Gasteiger partial charge is 0.0822 e. The first-order valence-electron chi connectivity index (χ1n) is 4.52. The summed E-state index contributed by atoms with van der Waals surface area (Å²) in [6.45, 7) is 0.771. The molecule has 0 saturated carbocycles. The highest BCUT2D eigenvalue weighted by Crippen LogP contribution is 2.26. The van der Waals surface area contributed by atoms with Gasteiger partial charge in [-0.1, -0.05) is 15.9 Å². The molecular weight excluding hydrogens is 244 g/mol. The highest BCUT2D eigenvalue weighted by atomic mass is 79.9. The lowest BCUT2D eigenvalue weighted by molar-refractivity contribution is 0.168. The average Bonchev–Trinajstić information content (AvgIpc) is 2.18. The van der Waals surface area contributed by atoms with Gasteiger partial charge in [0.05, 0.1) is 6.10 Å². The molecule has 1 atom stereocenters. The Balaban J connectivity index is 2.77. The minimum Gasteiger partial charge on any atom is -0.398 e. The van der Waals surface area contributed by atoms with Gasteiger partial charge in [-0.15, -0.1) is 0 Å². The number of nitrogen functional groups attached to an aromatic ring is 1. The van der Waals surface area contributed by atoms with Crippen LogP contribution in [0.3, 0.4) is 0 Å². The van der Waals surface area contributed by atoms with Crippen molar-refractivity contribution in [3.63, 3.8) is 0 Å². The molecule has 1 aromatic carbocycles. The van der Waals surface area contributed by atoms with Crippen LogP contribution in [0.4, 0.5) is 5.69 Å². The number of rotatable bonds is 4. The average molecular weight is 259 g/mol. The Morgan fingerprint density at radius 3 is 2.93 bits per heavy atom. The highest BCUT2D eigenvalue weighted by molar-refractivity contribution is 9.10. The molecule has 0 radical (unpaired) electrons. The summed E-state index contributed by atoms with van der Waals surface area (Å²) in [5.74, 6) is 0. The van der Waals surface area contributed by atoms with Crippen LogP contribution in [0.25, 0.3) is 0 Å². The van der Waals surface area contributed by atoms with Gasteiger partial charge in [0.15, 0.2) is 0 Å². The van der Waals surface area contributed by atoms with E-state index in [-0.39, 0.29) is 0 Å². The van der Waals surface area contributed by atoms with E-state index in [1.54, 1.807) is 6.07 Å². The van der Waals surface area contributed by atoms with Crippen LogP contribution in [0.5, 0.6) is 0 Å². The van der Waals surface area contributed by atoms with Crippen molar-refractivity contribution < 1.29 is 5.11 Å². The molecule has 1 aromatic rings. The quantitative estimate of drug-likeness (QED) is 0.721. The molecule has 4 N–H and O–H groups in total. The third-order valence-corrected chi connectivity index (χ3v) is 2.57. The summed E-state index contributed by atoms with van der Waals surface area (Å²) in [7, 11) is 1.86. The van der Waals surface area contributed by atoms with Gasteiger partial charge in [-0.3, -0.25) is 0 Å². The van der Waals surface area contributed by atoms with Crippen molar-refractivity contribution in [1.29, 1.82) is 0 Å². The Bertz CT molecular complexity index is 304. The molecule has 0 amide bonds. The van der Waals surface area contributed by atoms with Gasteiger partial charge in [0.2, 0.25) is 0 Å². The van der Waals surface area contributed by atoms with Gasteiger partial charge in [0.1, 0.15) is 0 Å². The van der Waals surface area contributed by atoms with Gasteiger partial charge >= 0.3 is 0 Å². The minimum atomic E-state index is -0.500. The monoisotopic (exact) mass is 258 g/mol. The van der Waals surface area contributed by atoms with Crippen molar-refractivity contribution in [2.45, 2.75) is 12.5 Å². The molecule has 0 aromatic heterocycles. The Morgan fingerprint density at radius 1 is 1.57 bits per heavy atom. The second kappa shape index (κ2) is 5.34. The normalized spacial score (nSPS) is 12.8. The fraction of sp³-hybridized carbons (Fsp3) is 0.400. The molecular formula is C10H15BrN2O. The lowest BCUT2D eigenvalue weighted by Gasteiger charge is -2.13. The van der Waals surface area contributed by atoms with Gasteiger partial charge in [-0.25, -0.2) is 0 Å². The fourth-order valence-electron chi connectivity index (χ4n) is 1.27. The molecule has 78 valence electrons. The molecule has 1 unspecified atom stereocenters. The molecule has 4 heteroatoms. The van der Waals surface area contributed by atoms with Crippen LogP contribution in [0, 0.1) is 0 Å². The molecule has 0 bridgehead atoms. The van der Waals surface area contributed by atoms with Gasteiger partial charge in [-0.2, -0.15) is 0 Å². The van der Waals surface area contributed by atoms with E-state index in [4.69, 9.17) is 5.73 Å². The van der Waals surface area contributed by atoms with Crippen molar-refractivity contribution in [1.82, 2.24) is 5.32 Å². The Kier molecular flexibility index (Phi) is 4.38. The summed E-state index contributed by atoms with van der Waals surface area (Å²) in [4.78, 5) is 0. The molecule has 0 aliphatic carbocycles. The lowest BCUT2D eigenvalue weighted by atomic mass is 10.0. The zero-order valence-corrected chi connectivity index (χ0v) is 9.71. The van der Waals surface area contributed by atoms with E-state index >= 15 is 0 Å². The van der Waals surface area contributed by atoms with Crippen LogP contribution in [-0.4, -0.2) is 18.7 Å². The maximum absolute atomic E-state index is 9.82. The highest BCUT2D eigenvalue weighted by Gasteiger charge is 2.10. The van der Waals surface area contributed by atoms with E-state index in [9.17, 15) is 5.11 Å². The maximum atomic E-state index is 9.82. The third-order valence-electron chi connectivity index (χ3n) is 2.08. The number of hydrogen-bond donors (Lipinski definition) is 3. The van der Waals surface area contributed by atoms with Crippen molar-refractivity contribution in [3.8, 4) is 0 Å². The molecule has 1 rings (SSSR count). The molecule has 0 heterocycles. The van der Waals surface area contributed by atoms with E-state index in [0.29, 0.717) is 12.1 Å². The van der Waals surface area contributed by atoms with Crippen LogP contribution in [-0.2, 0) is 0 Å². The molecule has 0 fully saturated rings. The molecule has 0 aliphatic rings. The summed E-state index contributed by atoms with van der Waals surface area (Å²) in [6.07, 6.45) is 0.164. The van der Waals surface area contributed by atoms with Gasteiger partial charge < -0.3 is 16.2 Å². The number of benzene rings is 1. The number of nitrogens with one attached hydrogen (secondary N) is 1. The van der Waals surface area contributed by atoms with E-state index < -0.39 is 6.10 Å². The van der Waals surface area contributed by atoms with E-state index in [1.165, 1.54) is 0 Å². The summed E-state index contributed by atoms with van der Waals surface area (Å²) in [5, 5.41) is 12.8. The summed E-state index contributed by atoms with van der Waals surface area (Å²) in [5.41, 5.74) is 7.18. The number of hydrogen-bond acceptors (Lipinski definition) is 3. The van der Waals surface area contributed by atoms with Crippen LogP contribution >= 0.6 is 15.9 Å². The number of halogens is 1. The minimum absolute atomic E-state index is 0.500. The first-order valence-corrected chi connectivity index (χ1v) is 5.32. The summed E-state index contributed by atoms with van der Waals surface area (Å²) >= 11 is 3.35. The van der Waals surface area contributed by atoms with E-state index in [1.807, 2.05) is 19.2 Å².